The molecule has 0 aliphatic carbocycles. The van der Waals surface area contributed by atoms with Gasteiger partial charge in [-0.15, -0.1) is 5.10 Å². The minimum atomic E-state index is -0.157. The maximum absolute atomic E-state index is 9.26. The van der Waals surface area contributed by atoms with Crippen molar-refractivity contribution in [3.63, 3.8) is 0 Å². The number of hydrogen-bond donors (Lipinski definition) is 2. The van der Waals surface area contributed by atoms with Crippen molar-refractivity contribution in [2.75, 3.05) is 18.5 Å². The SMILES string of the molecule is CC(C)(CO)CNc1ccccc1-n1ccnn1. The average Bonchev–Trinajstić information content (AvgIpc) is 2.91. The van der Waals surface area contributed by atoms with E-state index in [9.17, 15) is 5.11 Å². The van der Waals surface area contributed by atoms with Gasteiger partial charge < -0.3 is 10.4 Å². The maximum atomic E-state index is 9.26. The Kier molecular flexibility index (Phi) is 3.62. The quantitative estimate of drug-likeness (QED) is 0.843. The highest BCUT2D eigenvalue weighted by Gasteiger charge is 2.16. The zero-order valence-electron chi connectivity index (χ0n) is 10.7. The van der Waals surface area contributed by atoms with Gasteiger partial charge >= 0.3 is 0 Å². The van der Waals surface area contributed by atoms with Crippen molar-refractivity contribution in [1.29, 1.82) is 0 Å². The Balaban J connectivity index is 2.19. The number of aliphatic hydroxyl groups is 1. The average molecular weight is 246 g/mol. The van der Waals surface area contributed by atoms with Crippen LogP contribution in [0.2, 0.25) is 0 Å². The highest BCUT2D eigenvalue weighted by Crippen LogP contribution is 2.21. The number of hydrogen-bond acceptors (Lipinski definition) is 4. The number of nitrogens with one attached hydrogen (secondary N) is 1. The number of benzene rings is 1. The Hall–Kier alpha value is -1.88. The van der Waals surface area contributed by atoms with E-state index in [1.807, 2.05) is 38.1 Å². The van der Waals surface area contributed by atoms with Gasteiger partial charge in [-0.1, -0.05) is 31.2 Å². The smallest absolute Gasteiger partial charge is 0.0894 e. The molecule has 1 heterocycles. The van der Waals surface area contributed by atoms with Crippen molar-refractivity contribution in [1.82, 2.24) is 15.0 Å². The van der Waals surface area contributed by atoms with Crippen molar-refractivity contribution in [3.8, 4) is 5.69 Å². The van der Waals surface area contributed by atoms with Crippen LogP contribution in [0, 0.1) is 5.41 Å². The fraction of sp³-hybridized carbons (Fsp3) is 0.385. The molecule has 2 rings (SSSR count). The van der Waals surface area contributed by atoms with Crippen LogP contribution in [0.1, 0.15) is 13.8 Å². The van der Waals surface area contributed by atoms with Gasteiger partial charge in [-0.05, 0) is 12.1 Å². The van der Waals surface area contributed by atoms with E-state index in [1.54, 1.807) is 17.1 Å². The second-order valence-corrected chi connectivity index (χ2v) is 5.04. The van der Waals surface area contributed by atoms with Crippen LogP contribution in [-0.2, 0) is 0 Å². The lowest BCUT2D eigenvalue weighted by atomic mass is 9.95. The molecule has 0 atom stereocenters. The summed E-state index contributed by atoms with van der Waals surface area (Å²) in [6.07, 6.45) is 3.45. The summed E-state index contributed by atoms with van der Waals surface area (Å²) >= 11 is 0. The molecule has 0 fully saturated rings. The molecular formula is C13H18N4O. The number of para-hydroxylation sites is 2. The molecule has 0 saturated carbocycles. The van der Waals surface area contributed by atoms with Crippen molar-refractivity contribution < 1.29 is 5.11 Å². The van der Waals surface area contributed by atoms with Crippen LogP contribution in [0.15, 0.2) is 36.7 Å². The zero-order chi connectivity index (χ0) is 13.0. The molecule has 0 aliphatic heterocycles. The van der Waals surface area contributed by atoms with Crippen LogP contribution >= 0.6 is 0 Å². The molecular weight excluding hydrogens is 228 g/mol. The van der Waals surface area contributed by atoms with Gasteiger partial charge in [0.15, 0.2) is 0 Å². The van der Waals surface area contributed by atoms with E-state index >= 15 is 0 Å². The lowest BCUT2D eigenvalue weighted by Gasteiger charge is -2.23. The fourth-order valence-electron chi connectivity index (χ4n) is 1.55. The van der Waals surface area contributed by atoms with Gasteiger partial charge in [0.2, 0.25) is 0 Å². The fourth-order valence-corrected chi connectivity index (χ4v) is 1.55. The van der Waals surface area contributed by atoms with E-state index in [0.29, 0.717) is 6.54 Å². The van der Waals surface area contributed by atoms with Crippen LogP contribution in [0.5, 0.6) is 0 Å². The third-order valence-electron chi connectivity index (χ3n) is 2.76. The lowest BCUT2D eigenvalue weighted by Crippen LogP contribution is -2.27. The summed E-state index contributed by atoms with van der Waals surface area (Å²) in [5.74, 6) is 0. The molecule has 2 N–H and O–H groups in total. The van der Waals surface area contributed by atoms with Gasteiger partial charge in [-0.3, -0.25) is 0 Å². The van der Waals surface area contributed by atoms with Gasteiger partial charge in [0.05, 0.1) is 23.8 Å². The molecule has 5 nitrogen and oxygen atoms in total. The van der Waals surface area contributed by atoms with Crippen molar-refractivity contribution in [2.45, 2.75) is 13.8 Å². The highest BCUT2D eigenvalue weighted by molar-refractivity contribution is 5.60. The Bertz CT molecular complexity index is 493. The summed E-state index contributed by atoms with van der Waals surface area (Å²) in [6, 6.07) is 7.89. The van der Waals surface area contributed by atoms with Crippen molar-refractivity contribution >= 4 is 5.69 Å². The summed E-state index contributed by atoms with van der Waals surface area (Å²) in [6.45, 7) is 4.86. The predicted octanol–water partition coefficient (Wildman–Crippen LogP) is 1.70. The van der Waals surface area contributed by atoms with Crippen LogP contribution in [0.3, 0.4) is 0 Å². The normalized spacial score (nSPS) is 11.5. The molecule has 0 spiro atoms. The number of anilines is 1. The maximum Gasteiger partial charge on any atom is 0.0894 e. The standard InChI is InChI=1S/C13H18N4O/c1-13(2,10-18)9-14-11-5-3-4-6-12(11)17-8-7-15-16-17/h3-8,14,18H,9-10H2,1-2H3. The molecule has 2 aromatic rings. The van der Waals surface area contributed by atoms with Crippen LogP contribution in [-0.4, -0.2) is 33.3 Å². The second-order valence-electron chi connectivity index (χ2n) is 5.04. The zero-order valence-corrected chi connectivity index (χ0v) is 10.7. The monoisotopic (exact) mass is 246 g/mol. The number of aromatic nitrogens is 3. The van der Waals surface area contributed by atoms with E-state index in [2.05, 4.69) is 15.6 Å². The van der Waals surface area contributed by atoms with E-state index in [0.717, 1.165) is 11.4 Å². The van der Waals surface area contributed by atoms with Gasteiger partial charge in [-0.25, -0.2) is 4.68 Å². The molecule has 0 unspecified atom stereocenters. The molecule has 0 aliphatic rings. The first-order chi connectivity index (χ1) is 8.62. The summed E-state index contributed by atoms with van der Waals surface area (Å²) in [7, 11) is 0. The Labute approximate surface area is 106 Å². The summed E-state index contributed by atoms with van der Waals surface area (Å²) in [5, 5.41) is 20.4. The number of rotatable bonds is 5. The van der Waals surface area contributed by atoms with Gasteiger partial charge in [0, 0.05) is 18.6 Å². The first-order valence-corrected chi connectivity index (χ1v) is 5.93. The van der Waals surface area contributed by atoms with E-state index < -0.39 is 0 Å². The molecule has 18 heavy (non-hydrogen) atoms. The van der Waals surface area contributed by atoms with Gasteiger partial charge in [0.1, 0.15) is 0 Å². The molecule has 0 radical (unpaired) electrons. The first-order valence-electron chi connectivity index (χ1n) is 5.93. The predicted molar refractivity (Wildman–Crippen MR) is 70.7 cm³/mol. The molecule has 1 aromatic carbocycles. The van der Waals surface area contributed by atoms with Gasteiger partial charge in [0.25, 0.3) is 0 Å². The molecule has 96 valence electrons. The highest BCUT2D eigenvalue weighted by atomic mass is 16.3. The third-order valence-corrected chi connectivity index (χ3v) is 2.76. The number of nitrogens with zero attached hydrogens (tertiary/aromatic N) is 3. The summed E-state index contributed by atoms with van der Waals surface area (Å²) < 4.78 is 1.72. The van der Waals surface area contributed by atoms with Crippen molar-refractivity contribution in [2.24, 2.45) is 5.41 Å². The van der Waals surface area contributed by atoms with Crippen molar-refractivity contribution in [3.05, 3.63) is 36.7 Å². The third kappa shape index (κ3) is 2.87. The first kappa shape index (κ1) is 12.6. The van der Waals surface area contributed by atoms with E-state index in [1.165, 1.54) is 0 Å². The summed E-state index contributed by atoms with van der Waals surface area (Å²) in [5.41, 5.74) is 1.77. The number of aliphatic hydroxyl groups excluding tert-OH is 1. The topological polar surface area (TPSA) is 63.0 Å². The van der Waals surface area contributed by atoms with Gasteiger partial charge in [-0.2, -0.15) is 0 Å². The lowest BCUT2D eigenvalue weighted by molar-refractivity contribution is 0.171. The minimum absolute atomic E-state index is 0.144. The minimum Gasteiger partial charge on any atom is -0.396 e. The Morgan fingerprint density at radius 1 is 1.33 bits per heavy atom. The molecule has 0 saturated heterocycles. The second kappa shape index (κ2) is 5.18. The molecule has 0 bridgehead atoms. The van der Waals surface area contributed by atoms with Crippen LogP contribution < -0.4 is 5.32 Å². The molecule has 0 amide bonds. The van der Waals surface area contributed by atoms with Crippen LogP contribution in [0.4, 0.5) is 5.69 Å². The Morgan fingerprint density at radius 3 is 2.78 bits per heavy atom. The van der Waals surface area contributed by atoms with Crippen LogP contribution in [0.25, 0.3) is 5.69 Å². The summed E-state index contributed by atoms with van der Waals surface area (Å²) in [4.78, 5) is 0. The molecule has 5 heteroatoms. The van der Waals surface area contributed by atoms with E-state index in [4.69, 9.17) is 0 Å². The largest absolute Gasteiger partial charge is 0.396 e. The Morgan fingerprint density at radius 2 is 2.11 bits per heavy atom. The van der Waals surface area contributed by atoms with E-state index in [-0.39, 0.29) is 12.0 Å². The molecule has 1 aromatic heterocycles.